The number of nitrogens with zero attached hydrogens (tertiary/aromatic N) is 2. The molecule has 21 heavy (non-hydrogen) atoms. The van der Waals surface area contributed by atoms with Crippen LogP contribution in [0, 0.1) is 6.92 Å². The van der Waals surface area contributed by atoms with E-state index in [4.69, 9.17) is 4.74 Å². The van der Waals surface area contributed by atoms with Gasteiger partial charge in [-0.3, -0.25) is 4.79 Å². The van der Waals surface area contributed by atoms with Crippen LogP contribution in [-0.4, -0.2) is 28.2 Å². The lowest BCUT2D eigenvalue weighted by molar-refractivity contribution is -0.128. The van der Waals surface area contributed by atoms with Gasteiger partial charge in [-0.05, 0) is 25.0 Å². The molecule has 0 spiro atoms. The van der Waals surface area contributed by atoms with E-state index >= 15 is 0 Å². The molecule has 2 heterocycles. The molecule has 1 amide bonds. The summed E-state index contributed by atoms with van der Waals surface area (Å²) in [5, 5.41) is 2.89. The summed E-state index contributed by atoms with van der Waals surface area (Å²) >= 11 is 0. The van der Waals surface area contributed by atoms with Crippen LogP contribution in [0.4, 0.5) is 5.69 Å². The number of benzene rings is 1. The van der Waals surface area contributed by atoms with E-state index < -0.39 is 0 Å². The smallest absolute Gasteiger partial charge is 0.253 e. The normalized spacial score (nSPS) is 17.4. The standard InChI is InChI=1S/C16H19N3O2/c1-12-17-7-9-19(12)8-4-10-21-15-11-13-5-2-3-6-14(13)18-16(15)20/h2-3,5-7,9,15H,4,8,10-11H2,1H3,(H,18,20). The highest BCUT2D eigenvalue weighted by molar-refractivity contribution is 5.97. The first-order valence-corrected chi connectivity index (χ1v) is 7.22. The van der Waals surface area contributed by atoms with Crippen LogP contribution in [0.15, 0.2) is 36.7 Å². The number of amides is 1. The first kappa shape index (κ1) is 13.8. The van der Waals surface area contributed by atoms with Crippen molar-refractivity contribution in [3.05, 3.63) is 48.0 Å². The Balaban J connectivity index is 1.50. The lowest BCUT2D eigenvalue weighted by Gasteiger charge is -2.24. The van der Waals surface area contributed by atoms with E-state index in [0.29, 0.717) is 13.0 Å². The third-order valence-electron chi connectivity index (χ3n) is 3.76. The average Bonchev–Trinajstić information content (AvgIpc) is 2.89. The zero-order valence-electron chi connectivity index (χ0n) is 12.1. The van der Waals surface area contributed by atoms with Crippen LogP contribution in [0.1, 0.15) is 17.8 Å². The molecule has 0 bridgehead atoms. The second kappa shape index (κ2) is 6.10. The maximum absolute atomic E-state index is 12.0. The van der Waals surface area contributed by atoms with Crippen LogP contribution in [0.25, 0.3) is 0 Å². The fourth-order valence-corrected chi connectivity index (χ4v) is 2.56. The molecule has 0 saturated carbocycles. The molecule has 5 nitrogen and oxygen atoms in total. The van der Waals surface area contributed by atoms with Gasteiger partial charge in [-0.1, -0.05) is 18.2 Å². The topological polar surface area (TPSA) is 56.1 Å². The van der Waals surface area contributed by atoms with Crippen LogP contribution in [0.2, 0.25) is 0 Å². The SMILES string of the molecule is Cc1nccn1CCCOC1Cc2ccccc2NC1=O. The Hall–Kier alpha value is -2.14. The zero-order valence-corrected chi connectivity index (χ0v) is 12.1. The summed E-state index contributed by atoms with van der Waals surface area (Å²) in [6, 6.07) is 7.86. The molecule has 0 saturated heterocycles. The van der Waals surface area contributed by atoms with Gasteiger partial charge >= 0.3 is 0 Å². The molecule has 1 aliphatic rings. The molecule has 5 heteroatoms. The third kappa shape index (κ3) is 3.13. The number of anilines is 1. The molecule has 1 aromatic heterocycles. The van der Waals surface area contributed by atoms with E-state index in [1.165, 1.54) is 0 Å². The summed E-state index contributed by atoms with van der Waals surface area (Å²) in [6.07, 6.45) is 4.87. The summed E-state index contributed by atoms with van der Waals surface area (Å²) in [4.78, 5) is 16.2. The van der Waals surface area contributed by atoms with E-state index in [2.05, 4.69) is 14.9 Å². The second-order valence-electron chi connectivity index (χ2n) is 5.23. The number of ether oxygens (including phenoxy) is 1. The second-order valence-corrected chi connectivity index (χ2v) is 5.23. The van der Waals surface area contributed by atoms with Gasteiger partial charge in [-0.15, -0.1) is 0 Å². The van der Waals surface area contributed by atoms with Crippen molar-refractivity contribution in [1.82, 2.24) is 9.55 Å². The maximum Gasteiger partial charge on any atom is 0.253 e. The van der Waals surface area contributed by atoms with Crippen molar-refractivity contribution in [2.24, 2.45) is 0 Å². The van der Waals surface area contributed by atoms with Crippen LogP contribution < -0.4 is 5.32 Å². The predicted octanol–water partition coefficient (Wildman–Crippen LogP) is 2.16. The minimum atomic E-state index is -0.385. The monoisotopic (exact) mass is 285 g/mol. The number of nitrogens with one attached hydrogen (secondary N) is 1. The predicted molar refractivity (Wildman–Crippen MR) is 80.1 cm³/mol. The summed E-state index contributed by atoms with van der Waals surface area (Å²) in [7, 11) is 0. The summed E-state index contributed by atoms with van der Waals surface area (Å²) < 4.78 is 7.83. The van der Waals surface area contributed by atoms with Gasteiger partial charge in [0, 0.05) is 37.7 Å². The molecule has 1 aromatic carbocycles. The van der Waals surface area contributed by atoms with Crippen LogP contribution in [0.5, 0.6) is 0 Å². The lowest BCUT2D eigenvalue weighted by atomic mass is 10.0. The number of hydrogen-bond donors (Lipinski definition) is 1. The number of aryl methyl sites for hydroxylation is 2. The Morgan fingerprint density at radius 3 is 3.10 bits per heavy atom. The fraction of sp³-hybridized carbons (Fsp3) is 0.375. The molecule has 1 unspecified atom stereocenters. The molecule has 110 valence electrons. The highest BCUT2D eigenvalue weighted by Crippen LogP contribution is 2.23. The van der Waals surface area contributed by atoms with E-state index in [-0.39, 0.29) is 12.0 Å². The van der Waals surface area contributed by atoms with E-state index in [0.717, 1.165) is 30.0 Å². The first-order valence-electron chi connectivity index (χ1n) is 7.22. The van der Waals surface area contributed by atoms with Crippen LogP contribution in [-0.2, 0) is 22.5 Å². The van der Waals surface area contributed by atoms with Gasteiger partial charge < -0.3 is 14.6 Å². The molecule has 3 rings (SSSR count). The van der Waals surface area contributed by atoms with Gasteiger partial charge in [-0.2, -0.15) is 0 Å². The quantitative estimate of drug-likeness (QED) is 0.857. The van der Waals surface area contributed by atoms with Crippen molar-refractivity contribution in [2.45, 2.75) is 32.4 Å². The number of hydrogen-bond acceptors (Lipinski definition) is 3. The van der Waals surface area contributed by atoms with E-state index in [1.54, 1.807) is 6.20 Å². The van der Waals surface area contributed by atoms with Crippen molar-refractivity contribution < 1.29 is 9.53 Å². The Morgan fingerprint density at radius 1 is 1.43 bits per heavy atom. The molecule has 1 atom stereocenters. The maximum atomic E-state index is 12.0. The van der Waals surface area contributed by atoms with Crippen molar-refractivity contribution in [2.75, 3.05) is 11.9 Å². The van der Waals surface area contributed by atoms with E-state index in [9.17, 15) is 4.79 Å². The molecule has 1 N–H and O–H groups in total. The number of carbonyl (C=O) groups is 1. The van der Waals surface area contributed by atoms with Crippen molar-refractivity contribution in [3.8, 4) is 0 Å². The van der Waals surface area contributed by atoms with Crippen molar-refractivity contribution >= 4 is 11.6 Å². The molecule has 0 aliphatic carbocycles. The number of rotatable bonds is 5. The van der Waals surface area contributed by atoms with Gasteiger partial charge in [0.2, 0.25) is 0 Å². The van der Waals surface area contributed by atoms with Gasteiger partial charge in [-0.25, -0.2) is 4.98 Å². The molecule has 1 aliphatic heterocycles. The fourth-order valence-electron chi connectivity index (χ4n) is 2.56. The van der Waals surface area contributed by atoms with E-state index in [1.807, 2.05) is 37.4 Å². The molecular weight excluding hydrogens is 266 g/mol. The minimum Gasteiger partial charge on any atom is -0.368 e. The summed E-state index contributed by atoms with van der Waals surface area (Å²) in [5.74, 6) is 0.951. The van der Waals surface area contributed by atoms with Gasteiger partial charge in [0.05, 0.1) is 0 Å². The zero-order chi connectivity index (χ0) is 14.7. The lowest BCUT2D eigenvalue weighted by Crippen LogP contribution is -2.36. The molecule has 0 radical (unpaired) electrons. The minimum absolute atomic E-state index is 0.0486. The Labute approximate surface area is 124 Å². The highest BCUT2D eigenvalue weighted by Gasteiger charge is 2.26. The van der Waals surface area contributed by atoms with Crippen molar-refractivity contribution in [1.29, 1.82) is 0 Å². The van der Waals surface area contributed by atoms with Gasteiger partial charge in [0.1, 0.15) is 11.9 Å². The average molecular weight is 285 g/mol. The number of carbonyl (C=O) groups excluding carboxylic acids is 1. The number of para-hydroxylation sites is 1. The van der Waals surface area contributed by atoms with Gasteiger partial charge in [0.25, 0.3) is 5.91 Å². The summed E-state index contributed by atoms with van der Waals surface area (Å²) in [5.41, 5.74) is 2.03. The Kier molecular flexibility index (Phi) is 4.01. The molecule has 0 fully saturated rings. The molecular formula is C16H19N3O2. The van der Waals surface area contributed by atoms with Gasteiger partial charge in [0.15, 0.2) is 0 Å². The Bertz CT molecular complexity index is 636. The number of imidazole rings is 1. The number of fused-ring (bicyclic) bond motifs is 1. The highest BCUT2D eigenvalue weighted by atomic mass is 16.5. The van der Waals surface area contributed by atoms with Crippen LogP contribution >= 0.6 is 0 Å². The van der Waals surface area contributed by atoms with Crippen LogP contribution in [0.3, 0.4) is 0 Å². The summed E-state index contributed by atoms with van der Waals surface area (Å²) in [6.45, 7) is 3.40. The third-order valence-corrected chi connectivity index (χ3v) is 3.76. The molecule has 2 aromatic rings. The first-order chi connectivity index (χ1) is 10.2. The Morgan fingerprint density at radius 2 is 2.29 bits per heavy atom. The largest absolute Gasteiger partial charge is 0.368 e. The van der Waals surface area contributed by atoms with Crippen molar-refractivity contribution in [3.63, 3.8) is 0 Å². The number of aromatic nitrogens is 2.